The molecule has 4 rings (SSSR count). The first-order chi connectivity index (χ1) is 14.6. The standard InChI is InChI=1S/C23H23FN2O3S/c1-2-26(13-16-5-10-19-20(12-16)29-15-28-19)14-22(27)25-23(21-4-3-11-30-21)17-6-8-18(24)9-7-17/h3-12,23H,2,13-15H2,1H3,(H,25,27). The highest BCUT2D eigenvalue weighted by atomic mass is 32.1. The van der Waals surface area contributed by atoms with Crippen LogP contribution in [-0.4, -0.2) is 30.7 Å². The van der Waals surface area contributed by atoms with Gasteiger partial charge in [-0.25, -0.2) is 4.39 Å². The van der Waals surface area contributed by atoms with Crippen LogP contribution in [0.5, 0.6) is 11.5 Å². The van der Waals surface area contributed by atoms with E-state index >= 15 is 0 Å². The van der Waals surface area contributed by atoms with E-state index in [0.717, 1.165) is 34.0 Å². The molecule has 1 aliphatic heterocycles. The van der Waals surface area contributed by atoms with Gasteiger partial charge in [-0.3, -0.25) is 9.69 Å². The van der Waals surface area contributed by atoms with Crippen LogP contribution in [0, 0.1) is 5.82 Å². The predicted octanol–water partition coefficient (Wildman–Crippen LogP) is 4.34. The highest BCUT2D eigenvalue weighted by Gasteiger charge is 2.20. The number of nitrogens with zero attached hydrogens (tertiary/aromatic N) is 1. The fourth-order valence-corrected chi connectivity index (χ4v) is 4.22. The summed E-state index contributed by atoms with van der Waals surface area (Å²) in [7, 11) is 0. The number of amides is 1. The molecule has 0 saturated heterocycles. The maximum atomic E-state index is 13.4. The van der Waals surface area contributed by atoms with Crippen molar-refractivity contribution >= 4 is 17.2 Å². The van der Waals surface area contributed by atoms with Gasteiger partial charge in [-0.1, -0.05) is 31.2 Å². The van der Waals surface area contributed by atoms with Gasteiger partial charge >= 0.3 is 0 Å². The SMILES string of the molecule is CCN(CC(=O)NC(c1ccc(F)cc1)c1cccs1)Cc1ccc2c(c1)OCO2. The fraction of sp³-hybridized carbons (Fsp3) is 0.261. The maximum Gasteiger partial charge on any atom is 0.234 e. The number of benzene rings is 2. The zero-order valence-electron chi connectivity index (χ0n) is 16.6. The molecule has 0 spiro atoms. The molecule has 30 heavy (non-hydrogen) atoms. The van der Waals surface area contributed by atoms with E-state index < -0.39 is 0 Å². The van der Waals surface area contributed by atoms with Crippen molar-refractivity contribution in [1.82, 2.24) is 10.2 Å². The fourth-order valence-electron chi connectivity index (χ4n) is 3.42. The van der Waals surface area contributed by atoms with Crippen molar-refractivity contribution in [3.63, 3.8) is 0 Å². The summed E-state index contributed by atoms with van der Waals surface area (Å²) in [5.41, 5.74) is 1.91. The summed E-state index contributed by atoms with van der Waals surface area (Å²) in [4.78, 5) is 15.9. The molecule has 1 aromatic heterocycles. The Labute approximate surface area is 179 Å². The van der Waals surface area contributed by atoms with Gasteiger partial charge in [0.25, 0.3) is 0 Å². The molecule has 0 aliphatic carbocycles. The van der Waals surface area contributed by atoms with Gasteiger partial charge in [0.1, 0.15) is 5.82 Å². The van der Waals surface area contributed by atoms with Gasteiger partial charge in [0.2, 0.25) is 12.7 Å². The minimum absolute atomic E-state index is 0.0830. The summed E-state index contributed by atoms with van der Waals surface area (Å²) >= 11 is 1.56. The number of halogens is 1. The van der Waals surface area contributed by atoms with Gasteiger partial charge in [0, 0.05) is 11.4 Å². The van der Waals surface area contributed by atoms with Crippen molar-refractivity contribution in [2.75, 3.05) is 19.9 Å². The minimum atomic E-state index is -0.303. The van der Waals surface area contributed by atoms with Gasteiger partial charge < -0.3 is 14.8 Å². The second-order valence-corrected chi connectivity index (χ2v) is 8.04. The molecule has 7 heteroatoms. The molecule has 1 N–H and O–H groups in total. The van der Waals surface area contributed by atoms with Gasteiger partial charge in [0.15, 0.2) is 11.5 Å². The van der Waals surface area contributed by atoms with Gasteiger partial charge in [-0.15, -0.1) is 11.3 Å². The average molecular weight is 427 g/mol. The summed E-state index contributed by atoms with van der Waals surface area (Å²) in [6.07, 6.45) is 0. The number of nitrogens with one attached hydrogen (secondary N) is 1. The molecule has 0 radical (unpaired) electrons. The number of likely N-dealkylation sites (N-methyl/N-ethyl adjacent to an activating group) is 1. The highest BCUT2D eigenvalue weighted by molar-refractivity contribution is 7.10. The second kappa shape index (κ2) is 9.28. The van der Waals surface area contributed by atoms with Crippen LogP contribution in [0.25, 0.3) is 0 Å². The summed E-state index contributed by atoms with van der Waals surface area (Å²) in [5, 5.41) is 5.08. The molecular formula is C23H23FN2O3S. The molecule has 1 atom stereocenters. The average Bonchev–Trinajstić information content (AvgIpc) is 3.44. The molecule has 1 amide bonds. The lowest BCUT2D eigenvalue weighted by atomic mass is 10.1. The molecule has 1 aliphatic rings. The summed E-state index contributed by atoms with van der Waals surface area (Å²) in [5.74, 6) is 1.11. The van der Waals surface area contributed by atoms with Crippen LogP contribution in [0.4, 0.5) is 4.39 Å². The van der Waals surface area contributed by atoms with E-state index in [4.69, 9.17) is 9.47 Å². The summed E-state index contributed by atoms with van der Waals surface area (Å²) in [6.45, 7) is 3.88. The Bertz CT molecular complexity index is 992. The number of fused-ring (bicyclic) bond motifs is 1. The number of rotatable bonds is 8. The molecule has 0 saturated carbocycles. The summed E-state index contributed by atoms with van der Waals surface area (Å²) in [6, 6.07) is 15.7. The largest absolute Gasteiger partial charge is 0.454 e. The minimum Gasteiger partial charge on any atom is -0.454 e. The zero-order valence-corrected chi connectivity index (χ0v) is 17.5. The Hall–Kier alpha value is -2.90. The predicted molar refractivity (Wildman–Crippen MR) is 114 cm³/mol. The van der Waals surface area contributed by atoms with Crippen molar-refractivity contribution in [3.05, 3.63) is 81.8 Å². The van der Waals surface area contributed by atoms with Crippen molar-refractivity contribution in [2.45, 2.75) is 19.5 Å². The lowest BCUT2D eigenvalue weighted by Gasteiger charge is -2.23. The monoisotopic (exact) mass is 426 g/mol. The normalized spacial score (nSPS) is 13.4. The van der Waals surface area contributed by atoms with E-state index in [1.54, 1.807) is 23.5 Å². The Morgan fingerprint density at radius 2 is 1.97 bits per heavy atom. The summed E-state index contributed by atoms with van der Waals surface area (Å²) < 4.78 is 24.2. The van der Waals surface area contributed by atoms with Crippen molar-refractivity contribution in [1.29, 1.82) is 0 Å². The van der Waals surface area contributed by atoms with E-state index in [-0.39, 0.29) is 31.1 Å². The quantitative estimate of drug-likeness (QED) is 0.582. The lowest BCUT2D eigenvalue weighted by Crippen LogP contribution is -2.38. The van der Waals surface area contributed by atoms with E-state index in [9.17, 15) is 9.18 Å². The maximum absolute atomic E-state index is 13.4. The lowest BCUT2D eigenvalue weighted by molar-refractivity contribution is -0.122. The molecular weight excluding hydrogens is 403 g/mol. The van der Waals surface area contributed by atoms with E-state index in [1.807, 2.05) is 42.6 Å². The van der Waals surface area contributed by atoms with Crippen LogP contribution in [0.1, 0.15) is 29.0 Å². The Balaban J connectivity index is 1.43. The Morgan fingerprint density at radius 3 is 2.70 bits per heavy atom. The first-order valence-corrected chi connectivity index (χ1v) is 10.7. The number of thiophene rings is 1. The smallest absolute Gasteiger partial charge is 0.234 e. The molecule has 2 aromatic carbocycles. The van der Waals surface area contributed by atoms with Gasteiger partial charge in [-0.2, -0.15) is 0 Å². The highest BCUT2D eigenvalue weighted by Crippen LogP contribution is 2.33. The van der Waals surface area contributed by atoms with E-state index in [0.29, 0.717) is 6.54 Å². The molecule has 3 aromatic rings. The van der Waals surface area contributed by atoms with Crippen LogP contribution >= 0.6 is 11.3 Å². The first-order valence-electron chi connectivity index (χ1n) is 9.81. The van der Waals surface area contributed by atoms with Crippen LogP contribution in [0.3, 0.4) is 0 Å². The second-order valence-electron chi connectivity index (χ2n) is 7.06. The Morgan fingerprint density at radius 1 is 1.17 bits per heavy atom. The van der Waals surface area contributed by atoms with Gasteiger partial charge in [0.05, 0.1) is 12.6 Å². The van der Waals surface area contributed by atoms with E-state index in [2.05, 4.69) is 10.2 Å². The number of carbonyl (C=O) groups excluding carboxylic acids is 1. The van der Waals surface area contributed by atoms with Crippen molar-refractivity contribution < 1.29 is 18.7 Å². The van der Waals surface area contributed by atoms with Crippen LogP contribution in [0.2, 0.25) is 0 Å². The topological polar surface area (TPSA) is 50.8 Å². The number of hydrogen-bond donors (Lipinski definition) is 1. The van der Waals surface area contributed by atoms with Crippen molar-refractivity contribution in [3.8, 4) is 11.5 Å². The zero-order chi connectivity index (χ0) is 20.9. The molecule has 1 unspecified atom stereocenters. The Kier molecular flexibility index (Phi) is 6.30. The molecule has 156 valence electrons. The molecule has 0 bridgehead atoms. The molecule has 0 fully saturated rings. The number of hydrogen-bond acceptors (Lipinski definition) is 5. The number of carbonyl (C=O) groups is 1. The van der Waals surface area contributed by atoms with Crippen LogP contribution in [-0.2, 0) is 11.3 Å². The third-order valence-electron chi connectivity index (χ3n) is 4.99. The van der Waals surface area contributed by atoms with Crippen LogP contribution < -0.4 is 14.8 Å². The van der Waals surface area contributed by atoms with Crippen molar-refractivity contribution in [2.24, 2.45) is 0 Å². The third kappa shape index (κ3) is 4.80. The molecule has 2 heterocycles. The number of ether oxygens (including phenoxy) is 2. The van der Waals surface area contributed by atoms with E-state index in [1.165, 1.54) is 12.1 Å². The van der Waals surface area contributed by atoms with Crippen LogP contribution in [0.15, 0.2) is 60.0 Å². The third-order valence-corrected chi connectivity index (χ3v) is 5.93. The molecule has 5 nitrogen and oxygen atoms in total. The first kappa shape index (κ1) is 20.4. The van der Waals surface area contributed by atoms with Gasteiger partial charge in [-0.05, 0) is 53.4 Å².